The SMILES string of the molecule is Cc1ccc(-n2nc(C(=O)O)cc2C)cc1Br. The van der Waals surface area contributed by atoms with E-state index in [-0.39, 0.29) is 5.69 Å². The molecule has 5 heteroatoms. The van der Waals surface area contributed by atoms with Gasteiger partial charge in [0.05, 0.1) is 5.69 Å². The van der Waals surface area contributed by atoms with Crippen LogP contribution in [0.15, 0.2) is 28.7 Å². The number of benzene rings is 1. The maximum absolute atomic E-state index is 10.8. The molecule has 1 aromatic heterocycles. The second kappa shape index (κ2) is 4.33. The van der Waals surface area contributed by atoms with Gasteiger partial charge in [-0.1, -0.05) is 22.0 Å². The highest BCUT2D eigenvalue weighted by Crippen LogP contribution is 2.21. The summed E-state index contributed by atoms with van der Waals surface area (Å²) in [5.74, 6) is -1.02. The predicted octanol–water partition coefficient (Wildman–Crippen LogP) is 2.95. The Bertz CT molecular complexity index is 590. The van der Waals surface area contributed by atoms with Crippen molar-refractivity contribution in [2.24, 2.45) is 0 Å². The Hall–Kier alpha value is -1.62. The Morgan fingerprint density at radius 1 is 1.35 bits per heavy atom. The standard InChI is InChI=1S/C12H11BrN2O2/c1-7-3-4-9(6-10(7)13)15-8(2)5-11(14-15)12(16)17/h3-6H,1-2H3,(H,16,17). The van der Waals surface area contributed by atoms with E-state index < -0.39 is 5.97 Å². The average Bonchev–Trinajstić information content (AvgIpc) is 2.65. The van der Waals surface area contributed by atoms with Gasteiger partial charge in [0.2, 0.25) is 0 Å². The maximum atomic E-state index is 10.8. The molecular formula is C12H11BrN2O2. The summed E-state index contributed by atoms with van der Waals surface area (Å²) in [6, 6.07) is 7.34. The Kier molecular flexibility index (Phi) is 3.02. The summed E-state index contributed by atoms with van der Waals surface area (Å²) in [5, 5.41) is 12.9. The van der Waals surface area contributed by atoms with Gasteiger partial charge in [-0.15, -0.1) is 0 Å². The third-order valence-electron chi connectivity index (χ3n) is 2.51. The normalized spacial score (nSPS) is 10.5. The van der Waals surface area contributed by atoms with Crippen molar-refractivity contribution >= 4 is 21.9 Å². The van der Waals surface area contributed by atoms with E-state index in [4.69, 9.17) is 5.11 Å². The first kappa shape index (κ1) is 11.9. The second-order valence-electron chi connectivity index (χ2n) is 3.82. The van der Waals surface area contributed by atoms with E-state index in [0.29, 0.717) is 0 Å². The van der Waals surface area contributed by atoms with Crippen molar-refractivity contribution in [1.29, 1.82) is 0 Å². The molecule has 0 fully saturated rings. The number of nitrogens with zero attached hydrogens (tertiary/aromatic N) is 2. The van der Waals surface area contributed by atoms with Gasteiger partial charge in [0.15, 0.2) is 5.69 Å². The summed E-state index contributed by atoms with van der Waals surface area (Å²) in [5.41, 5.74) is 2.81. The lowest BCUT2D eigenvalue weighted by atomic mass is 10.2. The van der Waals surface area contributed by atoms with E-state index in [0.717, 1.165) is 21.4 Å². The van der Waals surface area contributed by atoms with Crippen LogP contribution in [0.4, 0.5) is 0 Å². The molecule has 1 heterocycles. The van der Waals surface area contributed by atoms with Crippen LogP contribution >= 0.6 is 15.9 Å². The zero-order valence-electron chi connectivity index (χ0n) is 9.44. The molecule has 0 saturated heterocycles. The third kappa shape index (κ3) is 2.24. The summed E-state index contributed by atoms with van der Waals surface area (Å²) >= 11 is 3.45. The van der Waals surface area contributed by atoms with Crippen molar-refractivity contribution in [3.8, 4) is 5.69 Å². The first-order valence-electron chi connectivity index (χ1n) is 5.05. The summed E-state index contributed by atoms with van der Waals surface area (Å²) < 4.78 is 2.59. The molecule has 1 N–H and O–H groups in total. The number of aromatic carboxylic acids is 1. The lowest BCUT2D eigenvalue weighted by Crippen LogP contribution is -2.02. The summed E-state index contributed by atoms with van der Waals surface area (Å²) in [4.78, 5) is 10.8. The fraction of sp³-hybridized carbons (Fsp3) is 0.167. The Morgan fingerprint density at radius 3 is 2.59 bits per heavy atom. The number of rotatable bonds is 2. The Labute approximate surface area is 107 Å². The van der Waals surface area contributed by atoms with Gasteiger partial charge in [-0.25, -0.2) is 9.48 Å². The monoisotopic (exact) mass is 294 g/mol. The zero-order valence-corrected chi connectivity index (χ0v) is 11.0. The molecule has 1 aromatic carbocycles. The minimum absolute atomic E-state index is 0.0548. The molecule has 0 aliphatic heterocycles. The number of halogens is 1. The predicted molar refractivity (Wildman–Crippen MR) is 67.7 cm³/mol. The number of hydrogen-bond donors (Lipinski definition) is 1. The van der Waals surface area contributed by atoms with Crippen molar-refractivity contribution in [3.63, 3.8) is 0 Å². The van der Waals surface area contributed by atoms with E-state index in [1.807, 2.05) is 32.0 Å². The van der Waals surface area contributed by atoms with Crippen LogP contribution in [0.1, 0.15) is 21.7 Å². The lowest BCUT2D eigenvalue weighted by molar-refractivity contribution is 0.0690. The molecule has 0 amide bonds. The minimum Gasteiger partial charge on any atom is -0.476 e. The fourth-order valence-corrected chi connectivity index (χ4v) is 1.92. The topological polar surface area (TPSA) is 55.1 Å². The molecule has 88 valence electrons. The highest BCUT2D eigenvalue weighted by atomic mass is 79.9. The van der Waals surface area contributed by atoms with Gasteiger partial charge in [-0.3, -0.25) is 0 Å². The van der Waals surface area contributed by atoms with Gasteiger partial charge in [-0.05, 0) is 37.6 Å². The maximum Gasteiger partial charge on any atom is 0.356 e. The summed E-state index contributed by atoms with van der Waals surface area (Å²) in [6.45, 7) is 3.82. The van der Waals surface area contributed by atoms with Crippen LogP contribution in [-0.2, 0) is 0 Å². The van der Waals surface area contributed by atoms with Gasteiger partial charge in [0, 0.05) is 10.2 Å². The fourth-order valence-electron chi connectivity index (χ4n) is 1.55. The van der Waals surface area contributed by atoms with Crippen LogP contribution in [-0.4, -0.2) is 20.9 Å². The van der Waals surface area contributed by atoms with Crippen LogP contribution in [0, 0.1) is 13.8 Å². The van der Waals surface area contributed by atoms with Crippen molar-refractivity contribution in [2.75, 3.05) is 0 Å². The quantitative estimate of drug-likeness (QED) is 0.926. The molecule has 0 atom stereocenters. The third-order valence-corrected chi connectivity index (χ3v) is 3.36. The molecule has 0 unspecified atom stereocenters. The number of carbonyl (C=O) groups is 1. The van der Waals surface area contributed by atoms with Crippen LogP contribution < -0.4 is 0 Å². The van der Waals surface area contributed by atoms with Crippen LogP contribution in [0.2, 0.25) is 0 Å². The van der Waals surface area contributed by atoms with Gasteiger partial charge in [-0.2, -0.15) is 5.10 Å². The highest BCUT2D eigenvalue weighted by molar-refractivity contribution is 9.10. The van der Waals surface area contributed by atoms with Gasteiger partial charge < -0.3 is 5.11 Å². The number of carboxylic acid groups (broad SMARTS) is 1. The second-order valence-corrected chi connectivity index (χ2v) is 4.68. The molecule has 2 rings (SSSR count). The number of aryl methyl sites for hydroxylation is 2. The molecule has 0 aliphatic carbocycles. The molecule has 0 spiro atoms. The summed E-state index contributed by atoms with van der Waals surface area (Å²) in [6.07, 6.45) is 0. The van der Waals surface area contributed by atoms with E-state index >= 15 is 0 Å². The number of hydrogen-bond acceptors (Lipinski definition) is 2. The largest absolute Gasteiger partial charge is 0.476 e. The van der Waals surface area contributed by atoms with Crippen molar-refractivity contribution in [3.05, 3.63) is 45.7 Å². The molecule has 0 saturated carbocycles. The van der Waals surface area contributed by atoms with E-state index in [1.165, 1.54) is 0 Å². The molecule has 2 aromatic rings. The highest BCUT2D eigenvalue weighted by Gasteiger charge is 2.11. The average molecular weight is 295 g/mol. The first-order valence-corrected chi connectivity index (χ1v) is 5.85. The molecule has 0 aliphatic rings. The van der Waals surface area contributed by atoms with E-state index in [2.05, 4.69) is 21.0 Å². The van der Waals surface area contributed by atoms with Crippen LogP contribution in [0.3, 0.4) is 0 Å². The van der Waals surface area contributed by atoms with E-state index in [9.17, 15) is 4.79 Å². The van der Waals surface area contributed by atoms with Gasteiger partial charge >= 0.3 is 5.97 Å². The van der Waals surface area contributed by atoms with E-state index in [1.54, 1.807) is 10.7 Å². The molecule has 0 bridgehead atoms. The minimum atomic E-state index is -1.02. The lowest BCUT2D eigenvalue weighted by Gasteiger charge is -2.06. The van der Waals surface area contributed by atoms with Crippen molar-refractivity contribution in [1.82, 2.24) is 9.78 Å². The van der Waals surface area contributed by atoms with Crippen molar-refractivity contribution < 1.29 is 9.90 Å². The first-order chi connectivity index (χ1) is 7.99. The number of carboxylic acids is 1. The van der Waals surface area contributed by atoms with Gasteiger partial charge in [0.25, 0.3) is 0 Å². The van der Waals surface area contributed by atoms with Crippen molar-refractivity contribution in [2.45, 2.75) is 13.8 Å². The molecule has 17 heavy (non-hydrogen) atoms. The Balaban J connectivity index is 2.52. The molecule has 0 radical (unpaired) electrons. The number of aromatic nitrogens is 2. The van der Waals surface area contributed by atoms with Crippen LogP contribution in [0.5, 0.6) is 0 Å². The zero-order chi connectivity index (χ0) is 12.6. The smallest absolute Gasteiger partial charge is 0.356 e. The van der Waals surface area contributed by atoms with Gasteiger partial charge in [0.1, 0.15) is 0 Å². The van der Waals surface area contributed by atoms with Crippen LogP contribution in [0.25, 0.3) is 5.69 Å². The molecule has 4 nitrogen and oxygen atoms in total. The summed E-state index contributed by atoms with van der Waals surface area (Å²) in [7, 11) is 0. The molecular weight excluding hydrogens is 284 g/mol. The Morgan fingerprint density at radius 2 is 2.06 bits per heavy atom.